The van der Waals surface area contributed by atoms with Crippen LogP contribution in [0.25, 0.3) is 0 Å². The van der Waals surface area contributed by atoms with Gasteiger partial charge in [-0.1, -0.05) is 20.8 Å². The van der Waals surface area contributed by atoms with Gasteiger partial charge < -0.3 is 0 Å². The number of rotatable bonds is 0. The number of ketones is 1. The molecule has 3 rings (SSSR count). The minimum Gasteiger partial charge on any atom is -0.299 e. The number of carbonyl (C=O) groups is 1. The monoisotopic (exact) mass is 206 g/mol. The van der Waals surface area contributed by atoms with Gasteiger partial charge in [0.25, 0.3) is 0 Å². The molecule has 0 aromatic carbocycles. The summed E-state index contributed by atoms with van der Waals surface area (Å²) in [5.74, 6) is 2.56. The fraction of sp³-hybridized carbons (Fsp3) is 0.929. The molecule has 0 aromatic heterocycles. The standard InChI is InChI=1S/C14H22O/c1-9-4-5-11-12(15)6-10-7-13(2,3)8-14(9,10)11/h9-11H,4-8H2,1-3H3/t9-,10-,11?,14?/m1/s1. The van der Waals surface area contributed by atoms with Crippen LogP contribution in [0.4, 0.5) is 0 Å². The Balaban J connectivity index is 2.04. The highest BCUT2D eigenvalue weighted by atomic mass is 16.1. The van der Waals surface area contributed by atoms with Crippen molar-refractivity contribution in [3.8, 4) is 0 Å². The molecule has 0 amide bonds. The molecule has 4 atom stereocenters. The molecule has 3 saturated carbocycles. The predicted octanol–water partition coefficient (Wildman–Crippen LogP) is 3.43. The maximum atomic E-state index is 12.0. The number of hydrogen-bond donors (Lipinski definition) is 0. The fourth-order valence-electron chi connectivity index (χ4n) is 5.29. The minimum absolute atomic E-state index is 0.431. The Bertz CT molecular complexity index is 317. The Morgan fingerprint density at radius 2 is 2.00 bits per heavy atom. The van der Waals surface area contributed by atoms with Crippen LogP contribution in [-0.4, -0.2) is 5.78 Å². The van der Waals surface area contributed by atoms with Crippen molar-refractivity contribution in [2.45, 2.75) is 52.9 Å². The summed E-state index contributed by atoms with van der Waals surface area (Å²) >= 11 is 0. The van der Waals surface area contributed by atoms with Crippen molar-refractivity contribution >= 4 is 5.78 Å². The molecule has 3 fully saturated rings. The van der Waals surface area contributed by atoms with Gasteiger partial charge in [-0.25, -0.2) is 0 Å². The first-order valence-corrected chi connectivity index (χ1v) is 6.48. The lowest BCUT2D eigenvalue weighted by Gasteiger charge is -2.34. The Morgan fingerprint density at radius 3 is 2.73 bits per heavy atom. The number of carbonyl (C=O) groups excluding carboxylic acids is 1. The summed E-state index contributed by atoms with van der Waals surface area (Å²) in [7, 11) is 0. The predicted molar refractivity (Wildman–Crippen MR) is 60.5 cm³/mol. The van der Waals surface area contributed by atoms with Crippen LogP contribution in [0.15, 0.2) is 0 Å². The lowest BCUT2D eigenvalue weighted by Crippen LogP contribution is -2.31. The zero-order valence-corrected chi connectivity index (χ0v) is 10.2. The van der Waals surface area contributed by atoms with E-state index in [1.807, 2.05) is 0 Å². The molecule has 1 spiro atoms. The Labute approximate surface area is 92.6 Å². The average Bonchev–Trinajstić information content (AvgIpc) is 2.61. The summed E-state index contributed by atoms with van der Waals surface area (Å²) in [6, 6.07) is 0. The van der Waals surface area contributed by atoms with Gasteiger partial charge in [-0.3, -0.25) is 4.79 Å². The fourth-order valence-corrected chi connectivity index (χ4v) is 5.29. The summed E-state index contributed by atoms with van der Waals surface area (Å²) in [6.45, 7) is 7.19. The van der Waals surface area contributed by atoms with Crippen molar-refractivity contribution in [2.24, 2.45) is 28.6 Å². The van der Waals surface area contributed by atoms with Crippen molar-refractivity contribution in [1.29, 1.82) is 0 Å². The van der Waals surface area contributed by atoms with Crippen LogP contribution >= 0.6 is 0 Å². The molecule has 1 heteroatoms. The average molecular weight is 206 g/mol. The summed E-state index contributed by atoms with van der Waals surface area (Å²) in [5, 5.41) is 0. The molecule has 0 N–H and O–H groups in total. The molecule has 3 aliphatic carbocycles. The SMILES string of the molecule is C[C@@H]1CCC2C(=O)C[C@@H]3CC(C)(C)CC231. The third-order valence-electron chi connectivity index (χ3n) is 5.63. The van der Waals surface area contributed by atoms with E-state index in [1.54, 1.807) is 0 Å². The van der Waals surface area contributed by atoms with Gasteiger partial charge >= 0.3 is 0 Å². The lowest BCUT2D eigenvalue weighted by molar-refractivity contribution is -0.122. The molecule has 3 aliphatic rings. The zero-order valence-electron chi connectivity index (χ0n) is 10.2. The minimum atomic E-state index is 0.431. The number of hydrogen-bond acceptors (Lipinski definition) is 1. The highest BCUT2D eigenvalue weighted by Gasteiger charge is 2.65. The van der Waals surface area contributed by atoms with E-state index in [0.717, 1.165) is 18.3 Å². The smallest absolute Gasteiger partial charge is 0.136 e. The van der Waals surface area contributed by atoms with E-state index in [0.29, 0.717) is 22.5 Å². The maximum Gasteiger partial charge on any atom is 0.136 e. The summed E-state index contributed by atoms with van der Waals surface area (Å²) in [6.07, 6.45) is 5.98. The van der Waals surface area contributed by atoms with Gasteiger partial charge in [0.1, 0.15) is 5.78 Å². The molecule has 0 aliphatic heterocycles. The molecule has 2 unspecified atom stereocenters. The van der Waals surface area contributed by atoms with Crippen LogP contribution in [0.5, 0.6) is 0 Å². The maximum absolute atomic E-state index is 12.0. The van der Waals surface area contributed by atoms with Crippen LogP contribution < -0.4 is 0 Å². The molecule has 0 heterocycles. The second-order valence-corrected chi connectivity index (χ2v) is 7.06. The molecule has 84 valence electrons. The van der Waals surface area contributed by atoms with E-state index in [-0.39, 0.29) is 0 Å². The second kappa shape index (κ2) is 2.67. The topological polar surface area (TPSA) is 17.1 Å². The van der Waals surface area contributed by atoms with E-state index in [9.17, 15) is 4.79 Å². The van der Waals surface area contributed by atoms with Gasteiger partial charge in [-0.2, -0.15) is 0 Å². The van der Waals surface area contributed by atoms with Gasteiger partial charge in [0.2, 0.25) is 0 Å². The Kier molecular flexibility index (Phi) is 1.76. The first-order chi connectivity index (χ1) is 6.96. The number of Topliss-reactive ketones (excluding diaryl/α,β-unsaturated/α-hetero) is 1. The molecule has 0 saturated heterocycles. The van der Waals surface area contributed by atoms with E-state index >= 15 is 0 Å². The summed E-state index contributed by atoms with van der Waals surface area (Å²) < 4.78 is 0. The van der Waals surface area contributed by atoms with Crippen LogP contribution in [0.1, 0.15) is 52.9 Å². The zero-order chi connectivity index (χ0) is 10.8. The molecule has 0 bridgehead atoms. The molecular formula is C14H22O. The van der Waals surface area contributed by atoms with Gasteiger partial charge in [0.05, 0.1) is 0 Å². The molecule has 0 aromatic rings. The summed E-state index contributed by atoms with van der Waals surface area (Å²) in [4.78, 5) is 12.0. The molecule has 1 nitrogen and oxygen atoms in total. The lowest BCUT2D eigenvalue weighted by atomic mass is 9.69. The second-order valence-electron chi connectivity index (χ2n) is 7.06. The van der Waals surface area contributed by atoms with Crippen molar-refractivity contribution in [2.75, 3.05) is 0 Å². The van der Waals surface area contributed by atoms with Crippen molar-refractivity contribution in [3.63, 3.8) is 0 Å². The van der Waals surface area contributed by atoms with E-state index in [2.05, 4.69) is 20.8 Å². The Morgan fingerprint density at radius 1 is 1.27 bits per heavy atom. The van der Waals surface area contributed by atoms with E-state index < -0.39 is 0 Å². The van der Waals surface area contributed by atoms with Crippen LogP contribution in [0.2, 0.25) is 0 Å². The molecule has 15 heavy (non-hydrogen) atoms. The van der Waals surface area contributed by atoms with Crippen LogP contribution in [0, 0.1) is 28.6 Å². The largest absolute Gasteiger partial charge is 0.299 e. The van der Waals surface area contributed by atoms with Crippen molar-refractivity contribution in [3.05, 3.63) is 0 Å². The van der Waals surface area contributed by atoms with E-state index in [4.69, 9.17) is 0 Å². The third-order valence-corrected chi connectivity index (χ3v) is 5.63. The first kappa shape index (κ1) is 9.86. The van der Waals surface area contributed by atoms with E-state index in [1.165, 1.54) is 25.7 Å². The molecular weight excluding hydrogens is 184 g/mol. The van der Waals surface area contributed by atoms with Gasteiger partial charge in [0.15, 0.2) is 0 Å². The Hall–Kier alpha value is -0.330. The highest BCUT2D eigenvalue weighted by molar-refractivity contribution is 5.85. The van der Waals surface area contributed by atoms with Crippen molar-refractivity contribution < 1.29 is 4.79 Å². The third kappa shape index (κ3) is 1.07. The van der Waals surface area contributed by atoms with Gasteiger partial charge in [-0.15, -0.1) is 0 Å². The van der Waals surface area contributed by atoms with Gasteiger partial charge in [0, 0.05) is 12.3 Å². The van der Waals surface area contributed by atoms with Crippen LogP contribution in [-0.2, 0) is 4.79 Å². The first-order valence-electron chi connectivity index (χ1n) is 6.48. The summed E-state index contributed by atoms with van der Waals surface area (Å²) in [5.41, 5.74) is 0.919. The van der Waals surface area contributed by atoms with Gasteiger partial charge in [-0.05, 0) is 48.3 Å². The van der Waals surface area contributed by atoms with Crippen molar-refractivity contribution in [1.82, 2.24) is 0 Å². The highest BCUT2D eigenvalue weighted by Crippen LogP contribution is 2.69. The van der Waals surface area contributed by atoms with Crippen LogP contribution in [0.3, 0.4) is 0 Å². The molecule has 0 radical (unpaired) electrons. The quantitative estimate of drug-likeness (QED) is 0.593. The normalized spacial score (nSPS) is 51.9.